The molecule has 3 aromatic rings. The average molecular weight is 399 g/mol. The lowest BCUT2D eigenvalue weighted by Gasteiger charge is -2.15. The van der Waals surface area contributed by atoms with Crippen LogP contribution in [0, 0.1) is 13.8 Å². The SMILES string of the molecule is Cc1cc(-c2ccco2)ccc1NCc1ccc(NS(=O)(=O)C(C)C)c(C)c1. The predicted molar refractivity (Wildman–Crippen MR) is 115 cm³/mol. The van der Waals surface area contributed by atoms with Gasteiger partial charge in [0.05, 0.1) is 17.2 Å². The zero-order chi connectivity index (χ0) is 20.3. The van der Waals surface area contributed by atoms with E-state index in [-0.39, 0.29) is 0 Å². The van der Waals surface area contributed by atoms with Crippen molar-refractivity contribution in [1.29, 1.82) is 0 Å². The lowest BCUT2D eigenvalue weighted by molar-refractivity contribution is 0.582. The predicted octanol–water partition coefficient (Wildman–Crippen LogP) is 5.33. The molecule has 0 amide bonds. The lowest BCUT2D eigenvalue weighted by Crippen LogP contribution is -2.22. The summed E-state index contributed by atoms with van der Waals surface area (Å²) in [5, 5.41) is 2.97. The molecule has 2 N–H and O–H groups in total. The molecule has 0 spiro atoms. The van der Waals surface area contributed by atoms with Crippen molar-refractivity contribution in [2.45, 2.75) is 39.5 Å². The van der Waals surface area contributed by atoms with Crippen LogP contribution in [0.1, 0.15) is 30.5 Å². The highest BCUT2D eigenvalue weighted by molar-refractivity contribution is 7.93. The third-order valence-corrected chi connectivity index (χ3v) is 6.42. The van der Waals surface area contributed by atoms with Crippen LogP contribution in [0.15, 0.2) is 59.2 Å². The van der Waals surface area contributed by atoms with Crippen LogP contribution in [-0.2, 0) is 16.6 Å². The maximum absolute atomic E-state index is 12.1. The van der Waals surface area contributed by atoms with E-state index in [9.17, 15) is 8.42 Å². The molecule has 6 heteroatoms. The van der Waals surface area contributed by atoms with Gasteiger partial charge in [-0.15, -0.1) is 0 Å². The van der Waals surface area contributed by atoms with Crippen LogP contribution >= 0.6 is 0 Å². The molecule has 0 atom stereocenters. The second kappa shape index (κ2) is 8.10. The molecular formula is C22H26N2O3S. The van der Waals surface area contributed by atoms with Gasteiger partial charge in [0.2, 0.25) is 10.0 Å². The molecule has 2 aromatic carbocycles. The maximum atomic E-state index is 12.1. The summed E-state index contributed by atoms with van der Waals surface area (Å²) >= 11 is 0. The van der Waals surface area contributed by atoms with Crippen LogP contribution in [0.3, 0.4) is 0 Å². The van der Waals surface area contributed by atoms with Crippen LogP contribution in [-0.4, -0.2) is 13.7 Å². The smallest absolute Gasteiger partial charge is 0.235 e. The summed E-state index contributed by atoms with van der Waals surface area (Å²) in [6, 6.07) is 15.7. The monoisotopic (exact) mass is 398 g/mol. The first-order valence-electron chi connectivity index (χ1n) is 9.26. The minimum Gasteiger partial charge on any atom is -0.464 e. The Bertz CT molecular complexity index is 1060. The first kappa shape index (κ1) is 20.0. The summed E-state index contributed by atoms with van der Waals surface area (Å²) in [4.78, 5) is 0. The van der Waals surface area contributed by atoms with Crippen LogP contribution < -0.4 is 10.0 Å². The normalized spacial score (nSPS) is 11.6. The molecule has 148 valence electrons. The molecule has 0 fully saturated rings. The molecule has 0 bridgehead atoms. The second-order valence-electron chi connectivity index (χ2n) is 7.21. The Labute approximate surface area is 166 Å². The molecule has 0 aliphatic heterocycles. The van der Waals surface area contributed by atoms with Crippen molar-refractivity contribution >= 4 is 21.4 Å². The van der Waals surface area contributed by atoms with Crippen LogP contribution in [0.25, 0.3) is 11.3 Å². The fourth-order valence-corrected chi connectivity index (χ4v) is 3.65. The van der Waals surface area contributed by atoms with Crippen molar-refractivity contribution in [3.63, 3.8) is 0 Å². The molecule has 0 aliphatic rings. The Morgan fingerprint density at radius 1 is 0.964 bits per heavy atom. The topological polar surface area (TPSA) is 71.3 Å². The minimum atomic E-state index is -3.34. The molecule has 28 heavy (non-hydrogen) atoms. The largest absolute Gasteiger partial charge is 0.464 e. The maximum Gasteiger partial charge on any atom is 0.235 e. The number of rotatable bonds is 7. The number of anilines is 2. The van der Waals surface area contributed by atoms with Gasteiger partial charge in [-0.25, -0.2) is 8.42 Å². The molecule has 3 rings (SSSR count). The zero-order valence-electron chi connectivity index (χ0n) is 16.6. The van der Waals surface area contributed by atoms with E-state index < -0.39 is 15.3 Å². The molecule has 0 saturated heterocycles. The van der Waals surface area contributed by atoms with Gasteiger partial charge in [-0.1, -0.05) is 12.1 Å². The Morgan fingerprint density at radius 3 is 2.29 bits per heavy atom. The summed E-state index contributed by atoms with van der Waals surface area (Å²) in [7, 11) is -3.34. The highest BCUT2D eigenvalue weighted by Crippen LogP contribution is 2.26. The van der Waals surface area contributed by atoms with E-state index in [1.807, 2.05) is 49.4 Å². The van der Waals surface area contributed by atoms with Gasteiger partial charge < -0.3 is 9.73 Å². The number of furan rings is 1. The van der Waals surface area contributed by atoms with Crippen molar-refractivity contribution in [2.24, 2.45) is 0 Å². The van der Waals surface area contributed by atoms with E-state index in [1.165, 1.54) is 0 Å². The first-order chi connectivity index (χ1) is 13.3. The first-order valence-corrected chi connectivity index (χ1v) is 10.8. The minimum absolute atomic E-state index is 0.472. The van der Waals surface area contributed by atoms with Gasteiger partial charge in [-0.2, -0.15) is 0 Å². The Morgan fingerprint density at radius 2 is 1.68 bits per heavy atom. The van der Waals surface area contributed by atoms with Crippen molar-refractivity contribution < 1.29 is 12.8 Å². The Balaban J connectivity index is 1.69. The molecular weight excluding hydrogens is 372 g/mol. The van der Waals surface area contributed by atoms with Gasteiger partial charge in [0.1, 0.15) is 5.76 Å². The number of hydrogen-bond donors (Lipinski definition) is 2. The summed E-state index contributed by atoms with van der Waals surface area (Å²) < 4.78 is 32.2. The Hall–Kier alpha value is -2.73. The van der Waals surface area contributed by atoms with E-state index >= 15 is 0 Å². The van der Waals surface area contributed by atoms with E-state index in [1.54, 1.807) is 20.1 Å². The fourth-order valence-electron chi connectivity index (χ4n) is 2.88. The quantitative estimate of drug-likeness (QED) is 0.565. The number of hydrogen-bond acceptors (Lipinski definition) is 4. The number of aryl methyl sites for hydroxylation is 2. The summed E-state index contributed by atoms with van der Waals surface area (Å²) in [5.74, 6) is 0.852. The molecule has 0 aliphatic carbocycles. The summed E-state index contributed by atoms with van der Waals surface area (Å²) in [6.07, 6.45) is 1.67. The van der Waals surface area contributed by atoms with Crippen molar-refractivity contribution in [3.05, 3.63) is 71.5 Å². The van der Waals surface area contributed by atoms with Gasteiger partial charge in [0.15, 0.2) is 0 Å². The van der Waals surface area contributed by atoms with Gasteiger partial charge in [-0.3, -0.25) is 4.72 Å². The van der Waals surface area contributed by atoms with Crippen molar-refractivity contribution in [3.8, 4) is 11.3 Å². The Kier molecular flexibility index (Phi) is 5.79. The molecule has 5 nitrogen and oxygen atoms in total. The summed E-state index contributed by atoms with van der Waals surface area (Å²) in [5.41, 5.74) is 5.83. The molecule has 0 unspecified atom stereocenters. The average Bonchev–Trinajstić information content (AvgIpc) is 3.17. The second-order valence-corrected chi connectivity index (χ2v) is 9.44. The summed E-state index contributed by atoms with van der Waals surface area (Å²) in [6.45, 7) is 7.94. The zero-order valence-corrected chi connectivity index (χ0v) is 17.4. The third-order valence-electron chi connectivity index (χ3n) is 4.68. The van der Waals surface area contributed by atoms with Crippen LogP contribution in [0.4, 0.5) is 11.4 Å². The molecule has 1 aromatic heterocycles. The van der Waals surface area contributed by atoms with Crippen LogP contribution in [0.2, 0.25) is 0 Å². The number of nitrogens with one attached hydrogen (secondary N) is 2. The van der Waals surface area contributed by atoms with E-state index in [0.29, 0.717) is 12.2 Å². The van der Waals surface area contributed by atoms with Crippen molar-refractivity contribution in [2.75, 3.05) is 10.0 Å². The van der Waals surface area contributed by atoms with E-state index in [4.69, 9.17) is 4.42 Å². The highest BCUT2D eigenvalue weighted by atomic mass is 32.2. The third kappa shape index (κ3) is 4.57. The number of sulfonamides is 1. The molecule has 0 radical (unpaired) electrons. The van der Waals surface area contributed by atoms with Gasteiger partial charge in [0, 0.05) is 17.8 Å². The fraction of sp³-hybridized carbons (Fsp3) is 0.273. The standard InChI is InChI=1S/C22H26N2O3S/c1-15(2)28(25,26)24-21-9-7-18(12-16(21)3)14-23-20-10-8-19(13-17(20)4)22-6-5-11-27-22/h5-13,15,23-24H,14H2,1-4H3. The number of benzene rings is 2. The van der Waals surface area contributed by atoms with Gasteiger partial charge >= 0.3 is 0 Å². The van der Waals surface area contributed by atoms with Crippen molar-refractivity contribution in [1.82, 2.24) is 0 Å². The van der Waals surface area contributed by atoms with Crippen LogP contribution in [0.5, 0.6) is 0 Å². The van der Waals surface area contributed by atoms with E-state index in [0.717, 1.165) is 33.7 Å². The molecule has 1 heterocycles. The van der Waals surface area contributed by atoms with Gasteiger partial charge in [-0.05, 0) is 80.8 Å². The van der Waals surface area contributed by atoms with Gasteiger partial charge in [0.25, 0.3) is 0 Å². The highest BCUT2D eigenvalue weighted by Gasteiger charge is 2.16. The molecule has 0 saturated carbocycles. The van der Waals surface area contributed by atoms with E-state index in [2.05, 4.69) is 23.0 Å². The lowest BCUT2D eigenvalue weighted by atomic mass is 10.1.